The molecule has 1 aromatic carbocycles. The van der Waals surface area contributed by atoms with Crippen molar-refractivity contribution < 1.29 is 9.53 Å². The number of halogens is 1. The van der Waals surface area contributed by atoms with Crippen molar-refractivity contribution >= 4 is 23.3 Å². The Balaban J connectivity index is 1.55. The highest BCUT2D eigenvalue weighted by atomic mass is 35.5. The van der Waals surface area contributed by atoms with Gasteiger partial charge < -0.3 is 15.0 Å². The van der Waals surface area contributed by atoms with E-state index in [1.165, 1.54) is 5.56 Å². The van der Waals surface area contributed by atoms with Crippen LogP contribution in [0.4, 0.5) is 10.5 Å². The molecule has 0 saturated carbocycles. The maximum absolute atomic E-state index is 12.6. The minimum absolute atomic E-state index is 0.128. The number of ether oxygens (including phenoxy) is 1. The first-order valence-electron chi connectivity index (χ1n) is 8.75. The molecular formula is C19H23ClN4O2. The molecule has 0 atom stereocenters. The molecule has 0 spiro atoms. The minimum Gasteiger partial charge on any atom is -0.492 e. The summed E-state index contributed by atoms with van der Waals surface area (Å²) in [4.78, 5) is 20.8. The number of hydrogen-bond acceptors (Lipinski definition) is 4. The maximum Gasteiger partial charge on any atom is 0.322 e. The lowest BCUT2D eigenvalue weighted by atomic mass is 10.2. The van der Waals surface area contributed by atoms with E-state index in [2.05, 4.69) is 15.2 Å². The summed E-state index contributed by atoms with van der Waals surface area (Å²) in [6, 6.07) is 9.15. The molecule has 0 radical (unpaired) electrons. The van der Waals surface area contributed by atoms with Crippen molar-refractivity contribution in [2.75, 3.05) is 38.1 Å². The van der Waals surface area contributed by atoms with Crippen molar-refractivity contribution in [1.29, 1.82) is 0 Å². The number of amides is 2. The third-order valence-electron chi connectivity index (χ3n) is 4.30. The van der Waals surface area contributed by atoms with Crippen LogP contribution >= 0.6 is 11.6 Å². The van der Waals surface area contributed by atoms with Gasteiger partial charge in [0.05, 0.1) is 12.3 Å². The fourth-order valence-electron chi connectivity index (χ4n) is 2.93. The predicted molar refractivity (Wildman–Crippen MR) is 103 cm³/mol. The standard InChI is InChI=1S/C19H23ClN4O2/c1-2-26-18-4-3-16(20)13-17(18)22-19(25)24-11-9-23(10-12-24)14-15-5-7-21-8-6-15/h3-8,13H,2,9-12,14H2,1H3,(H,22,25). The Morgan fingerprint density at radius 1 is 1.19 bits per heavy atom. The molecule has 3 rings (SSSR count). The van der Waals surface area contributed by atoms with E-state index >= 15 is 0 Å². The largest absolute Gasteiger partial charge is 0.492 e. The number of anilines is 1. The highest BCUT2D eigenvalue weighted by molar-refractivity contribution is 6.31. The molecule has 7 heteroatoms. The Hall–Kier alpha value is -2.31. The molecule has 0 bridgehead atoms. The van der Waals surface area contributed by atoms with Gasteiger partial charge in [-0.1, -0.05) is 11.6 Å². The van der Waals surface area contributed by atoms with Gasteiger partial charge >= 0.3 is 6.03 Å². The number of nitrogens with one attached hydrogen (secondary N) is 1. The molecule has 1 N–H and O–H groups in total. The van der Waals surface area contributed by atoms with Crippen LogP contribution in [0.5, 0.6) is 5.75 Å². The summed E-state index contributed by atoms with van der Waals surface area (Å²) < 4.78 is 5.56. The first kappa shape index (κ1) is 18.5. The molecule has 0 aliphatic carbocycles. The molecule has 2 aromatic rings. The van der Waals surface area contributed by atoms with Gasteiger partial charge in [-0.2, -0.15) is 0 Å². The molecule has 1 aliphatic rings. The van der Waals surface area contributed by atoms with Crippen LogP contribution in [0.3, 0.4) is 0 Å². The summed E-state index contributed by atoms with van der Waals surface area (Å²) in [6.45, 7) is 6.34. The third-order valence-corrected chi connectivity index (χ3v) is 4.53. The highest BCUT2D eigenvalue weighted by Gasteiger charge is 2.22. The van der Waals surface area contributed by atoms with E-state index in [9.17, 15) is 4.79 Å². The van der Waals surface area contributed by atoms with E-state index in [-0.39, 0.29) is 6.03 Å². The number of carbonyl (C=O) groups excluding carboxylic acids is 1. The zero-order valence-corrected chi connectivity index (χ0v) is 15.6. The summed E-state index contributed by atoms with van der Waals surface area (Å²) in [5.41, 5.74) is 1.83. The first-order valence-corrected chi connectivity index (χ1v) is 9.13. The summed E-state index contributed by atoms with van der Waals surface area (Å²) >= 11 is 6.05. The topological polar surface area (TPSA) is 57.7 Å². The van der Waals surface area contributed by atoms with Crippen molar-refractivity contribution in [3.8, 4) is 5.75 Å². The average molecular weight is 375 g/mol. The molecular weight excluding hydrogens is 352 g/mol. The lowest BCUT2D eigenvalue weighted by Gasteiger charge is -2.34. The molecule has 0 unspecified atom stereocenters. The molecule has 138 valence electrons. The Bertz CT molecular complexity index is 734. The molecule has 1 saturated heterocycles. The molecule has 2 heterocycles. The van der Waals surface area contributed by atoms with E-state index in [1.807, 2.05) is 24.0 Å². The number of nitrogens with zero attached hydrogens (tertiary/aromatic N) is 3. The Labute approximate surface area is 158 Å². The van der Waals surface area contributed by atoms with Crippen LogP contribution in [0.1, 0.15) is 12.5 Å². The molecule has 6 nitrogen and oxygen atoms in total. The highest BCUT2D eigenvalue weighted by Crippen LogP contribution is 2.28. The Morgan fingerprint density at radius 2 is 1.92 bits per heavy atom. The normalized spacial score (nSPS) is 14.9. The zero-order valence-electron chi connectivity index (χ0n) is 14.8. The SMILES string of the molecule is CCOc1ccc(Cl)cc1NC(=O)N1CCN(Cc2ccncc2)CC1. The van der Waals surface area contributed by atoms with Gasteiger partial charge in [-0.05, 0) is 42.8 Å². The van der Waals surface area contributed by atoms with Gasteiger partial charge in [0, 0.05) is 50.1 Å². The lowest BCUT2D eigenvalue weighted by Crippen LogP contribution is -2.49. The molecule has 1 aliphatic heterocycles. The van der Waals surface area contributed by atoms with E-state index < -0.39 is 0 Å². The zero-order chi connectivity index (χ0) is 18.4. The van der Waals surface area contributed by atoms with Crippen LogP contribution in [0.2, 0.25) is 5.02 Å². The Kier molecular flexibility index (Phi) is 6.30. The summed E-state index contributed by atoms with van der Waals surface area (Å²) in [7, 11) is 0. The van der Waals surface area contributed by atoms with Gasteiger partial charge in [0.15, 0.2) is 0 Å². The maximum atomic E-state index is 12.6. The number of aromatic nitrogens is 1. The van der Waals surface area contributed by atoms with Crippen molar-refractivity contribution in [3.63, 3.8) is 0 Å². The first-order chi connectivity index (χ1) is 12.7. The number of carbonyl (C=O) groups is 1. The summed E-state index contributed by atoms with van der Waals surface area (Å²) in [6.07, 6.45) is 3.61. The summed E-state index contributed by atoms with van der Waals surface area (Å²) in [5.74, 6) is 0.626. The van der Waals surface area contributed by atoms with Gasteiger partial charge in [-0.3, -0.25) is 9.88 Å². The fourth-order valence-corrected chi connectivity index (χ4v) is 3.10. The summed E-state index contributed by atoms with van der Waals surface area (Å²) in [5, 5.41) is 3.48. The molecule has 2 amide bonds. The monoisotopic (exact) mass is 374 g/mol. The minimum atomic E-state index is -0.128. The third kappa shape index (κ3) is 4.86. The van der Waals surface area contributed by atoms with Crippen LogP contribution in [0, 0.1) is 0 Å². The second kappa shape index (κ2) is 8.87. The van der Waals surface area contributed by atoms with Crippen molar-refractivity contribution in [1.82, 2.24) is 14.8 Å². The van der Waals surface area contributed by atoms with Crippen LogP contribution in [0.25, 0.3) is 0 Å². The van der Waals surface area contributed by atoms with E-state index in [0.717, 1.165) is 19.6 Å². The van der Waals surface area contributed by atoms with Gasteiger partial charge in [0.25, 0.3) is 0 Å². The van der Waals surface area contributed by atoms with Crippen LogP contribution in [-0.4, -0.2) is 53.6 Å². The van der Waals surface area contributed by atoms with Gasteiger partial charge in [0.1, 0.15) is 5.75 Å². The number of urea groups is 1. The van der Waals surface area contributed by atoms with Crippen LogP contribution in [0.15, 0.2) is 42.7 Å². The molecule has 1 aromatic heterocycles. The number of rotatable bonds is 5. The number of piperazine rings is 1. The number of benzene rings is 1. The molecule has 26 heavy (non-hydrogen) atoms. The second-order valence-electron chi connectivity index (χ2n) is 6.12. The second-order valence-corrected chi connectivity index (χ2v) is 6.56. The quantitative estimate of drug-likeness (QED) is 0.870. The van der Waals surface area contributed by atoms with E-state index in [1.54, 1.807) is 30.6 Å². The smallest absolute Gasteiger partial charge is 0.322 e. The molecule has 1 fully saturated rings. The van der Waals surface area contributed by atoms with Crippen LogP contribution in [-0.2, 0) is 6.54 Å². The van der Waals surface area contributed by atoms with Crippen LogP contribution < -0.4 is 10.1 Å². The fraction of sp³-hybridized carbons (Fsp3) is 0.368. The van der Waals surface area contributed by atoms with Crippen molar-refractivity contribution in [2.24, 2.45) is 0 Å². The Morgan fingerprint density at radius 3 is 2.62 bits per heavy atom. The van der Waals surface area contributed by atoms with Gasteiger partial charge in [-0.25, -0.2) is 4.79 Å². The van der Waals surface area contributed by atoms with Gasteiger partial charge in [-0.15, -0.1) is 0 Å². The van der Waals surface area contributed by atoms with E-state index in [4.69, 9.17) is 16.3 Å². The lowest BCUT2D eigenvalue weighted by molar-refractivity contribution is 0.143. The number of hydrogen-bond donors (Lipinski definition) is 1. The van der Waals surface area contributed by atoms with Gasteiger partial charge in [0.2, 0.25) is 0 Å². The van der Waals surface area contributed by atoms with Crippen molar-refractivity contribution in [2.45, 2.75) is 13.5 Å². The average Bonchev–Trinajstić information content (AvgIpc) is 2.65. The van der Waals surface area contributed by atoms with E-state index in [0.29, 0.717) is 36.2 Å². The predicted octanol–water partition coefficient (Wildman–Crippen LogP) is 3.48. The van der Waals surface area contributed by atoms with Crippen molar-refractivity contribution in [3.05, 3.63) is 53.3 Å². The number of pyridine rings is 1.